The third-order valence-corrected chi connectivity index (χ3v) is 4.41. The highest BCUT2D eigenvalue weighted by Gasteiger charge is 2.23. The van der Waals surface area contributed by atoms with Crippen molar-refractivity contribution in [2.75, 3.05) is 25.0 Å². The molecule has 0 radical (unpaired) electrons. The number of rotatable bonds is 2. The fourth-order valence-electron chi connectivity index (χ4n) is 3.25. The number of benzene rings is 1. The fraction of sp³-hybridized carbons (Fsp3) is 0.562. The Labute approximate surface area is 119 Å². The second-order valence-electron chi connectivity index (χ2n) is 5.90. The van der Waals surface area contributed by atoms with Crippen LogP contribution in [0.1, 0.15) is 30.4 Å². The molecule has 108 valence electrons. The number of carbonyl (C=O) groups excluding carboxylic acids is 1. The molecule has 2 amide bonds. The van der Waals surface area contributed by atoms with Gasteiger partial charge < -0.3 is 15.3 Å². The molecule has 1 aromatic rings. The zero-order chi connectivity index (χ0) is 13.9. The Kier molecular flexibility index (Phi) is 3.92. The van der Waals surface area contributed by atoms with E-state index in [1.165, 1.54) is 17.5 Å². The van der Waals surface area contributed by atoms with Crippen molar-refractivity contribution < 1.29 is 9.90 Å². The normalized spacial score (nSPS) is 21.6. The summed E-state index contributed by atoms with van der Waals surface area (Å²) in [5, 5.41) is 12.2. The van der Waals surface area contributed by atoms with Crippen molar-refractivity contribution in [1.82, 2.24) is 4.90 Å². The van der Waals surface area contributed by atoms with Crippen LogP contribution >= 0.6 is 0 Å². The van der Waals surface area contributed by atoms with E-state index in [1.54, 1.807) is 0 Å². The molecule has 1 fully saturated rings. The predicted octanol–water partition coefficient (Wildman–Crippen LogP) is 2.41. The molecule has 2 N–H and O–H groups in total. The average molecular weight is 274 g/mol. The van der Waals surface area contributed by atoms with Gasteiger partial charge in [0.25, 0.3) is 0 Å². The molecule has 0 saturated carbocycles. The number of likely N-dealkylation sites (tertiary alicyclic amines) is 1. The molecule has 3 rings (SSSR count). The van der Waals surface area contributed by atoms with Crippen LogP contribution in [0.5, 0.6) is 0 Å². The molecule has 0 spiro atoms. The summed E-state index contributed by atoms with van der Waals surface area (Å²) in [5.41, 5.74) is 3.68. The molecule has 4 nitrogen and oxygen atoms in total. The van der Waals surface area contributed by atoms with E-state index in [9.17, 15) is 9.90 Å². The van der Waals surface area contributed by atoms with E-state index in [-0.39, 0.29) is 18.6 Å². The average Bonchev–Trinajstić information content (AvgIpc) is 2.95. The van der Waals surface area contributed by atoms with Crippen LogP contribution in [0.4, 0.5) is 10.5 Å². The maximum absolute atomic E-state index is 12.3. The number of nitrogens with one attached hydrogen (secondary N) is 1. The van der Waals surface area contributed by atoms with Gasteiger partial charge in [-0.15, -0.1) is 0 Å². The Morgan fingerprint density at radius 3 is 3.00 bits per heavy atom. The van der Waals surface area contributed by atoms with Crippen LogP contribution in [0.25, 0.3) is 0 Å². The third-order valence-electron chi connectivity index (χ3n) is 4.41. The van der Waals surface area contributed by atoms with Crippen molar-refractivity contribution in [1.29, 1.82) is 0 Å². The second-order valence-corrected chi connectivity index (χ2v) is 5.90. The minimum Gasteiger partial charge on any atom is -0.396 e. The van der Waals surface area contributed by atoms with Crippen molar-refractivity contribution in [2.24, 2.45) is 5.92 Å². The van der Waals surface area contributed by atoms with Crippen molar-refractivity contribution in [2.45, 2.75) is 32.1 Å². The van der Waals surface area contributed by atoms with E-state index in [4.69, 9.17) is 0 Å². The van der Waals surface area contributed by atoms with Crippen LogP contribution in [0, 0.1) is 5.92 Å². The molecule has 2 aliphatic rings. The lowest BCUT2D eigenvalue weighted by Crippen LogP contribution is -2.43. The summed E-state index contributed by atoms with van der Waals surface area (Å²) < 4.78 is 0. The van der Waals surface area contributed by atoms with Crippen LogP contribution in [0.15, 0.2) is 18.2 Å². The van der Waals surface area contributed by atoms with Crippen LogP contribution in [-0.4, -0.2) is 35.7 Å². The second kappa shape index (κ2) is 5.83. The van der Waals surface area contributed by atoms with Gasteiger partial charge in [0.15, 0.2) is 0 Å². The van der Waals surface area contributed by atoms with Gasteiger partial charge in [0.2, 0.25) is 0 Å². The van der Waals surface area contributed by atoms with Gasteiger partial charge in [-0.05, 0) is 61.3 Å². The van der Waals surface area contributed by atoms with Gasteiger partial charge >= 0.3 is 6.03 Å². The molecule has 0 bridgehead atoms. The first-order chi connectivity index (χ1) is 9.76. The summed E-state index contributed by atoms with van der Waals surface area (Å²) in [6, 6.07) is 6.19. The highest BCUT2D eigenvalue weighted by molar-refractivity contribution is 5.89. The quantitative estimate of drug-likeness (QED) is 0.870. The van der Waals surface area contributed by atoms with E-state index in [1.807, 2.05) is 11.0 Å². The summed E-state index contributed by atoms with van der Waals surface area (Å²) in [6.07, 6.45) is 5.49. The lowest BCUT2D eigenvalue weighted by molar-refractivity contribution is 0.136. The lowest BCUT2D eigenvalue weighted by atomic mass is 9.99. The summed E-state index contributed by atoms with van der Waals surface area (Å²) in [4.78, 5) is 14.1. The minimum atomic E-state index is -0.0407. The Bertz CT molecular complexity index is 501. The monoisotopic (exact) mass is 274 g/mol. The number of hydrogen-bond donors (Lipinski definition) is 2. The largest absolute Gasteiger partial charge is 0.396 e. The summed E-state index contributed by atoms with van der Waals surface area (Å²) in [7, 11) is 0. The number of aryl methyl sites for hydroxylation is 2. The number of aliphatic hydroxyl groups is 1. The third kappa shape index (κ3) is 2.80. The van der Waals surface area contributed by atoms with Gasteiger partial charge in [-0.1, -0.05) is 6.07 Å². The zero-order valence-corrected chi connectivity index (χ0v) is 11.8. The molecule has 1 unspecified atom stereocenters. The summed E-state index contributed by atoms with van der Waals surface area (Å²) in [6.45, 7) is 1.61. The lowest BCUT2D eigenvalue weighted by Gasteiger charge is -2.31. The van der Waals surface area contributed by atoms with Gasteiger partial charge in [0.05, 0.1) is 0 Å². The number of fused-ring (bicyclic) bond motifs is 1. The number of anilines is 1. The van der Waals surface area contributed by atoms with Gasteiger partial charge in [0, 0.05) is 25.4 Å². The molecule has 4 heteroatoms. The minimum absolute atomic E-state index is 0.0407. The van der Waals surface area contributed by atoms with E-state index >= 15 is 0 Å². The smallest absolute Gasteiger partial charge is 0.321 e. The topological polar surface area (TPSA) is 52.6 Å². The molecule has 1 heterocycles. The molecule has 1 atom stereocenters. The standard InChI is InChI=1S/C16H22N2O2/c19-11-12-3-2-8-18(10-12)16(20)17-15-7-6-13-4-1-5-14(13)9-15/h6-7,9,12,19H,1-5,8,10-11H2,(H,17,20). The fourth-order valence-corrected chi connectivity index (χ4v) is 3.25. The highest BCUT2D eigenvalue weighted by atomic mass is 16.3. The van der Waals surface area contributed by atoms with Crippen LogP contribution in [0.3, 0.4) is 0 Å². The van der Waals surface area contributed by atoms with Crippen LogP contribution < -0.4 is 5.32 Å². The van der Waals surface area contributed by atoms with E-state index in [2.05, 4.69) is 17.4 Å². The number of nitrogens with zero attached hydrogens (tertiary/aromatic N) is 1. The number of urea groups is 1. The highest BCUT2D eigenvalue weighted by Crippen LogP contribution is 2.25. The van der Waals surface area contributed by atoms with Crippen LogP contribution in [-0.2, 0) is 12.8 Å². The summed E-state index contributed by atoms with van der Waals surface area (Å²) in [5.74, 6) is 0.231. The molecule has 1 aliphatic carbocycles. The number of carbonyl (C=O) groups is 1. The van der Waals surface area contributed by atoms with E-state index in [0.717, 1.165) is 37.9 Å². The molecule has 1 aromatic carbocycles. The van der Waals surface area contributed by atoms with Gasteiger partial charge in [-0.25, -0.2) is 4.79 Å². The Morgan fingerprint density at radius 1 is 1.30 bits per heavy atom. The first-order valence-electron chi connectivity index (χ1n) is 7.55. The first kappa shape index (κ1) is 13.4. The number of hydrogen-bond acceptors (Lipinski definition) is 2. The van der Waals surface area contributed by atoms with Crippen LogP contribution in [0.2, 0.25) is 0 Å². The van der Waals surface area contributed by atoms with Gasteiger partial charge in [-0.2, -0.15) is 0 Å². The maximum atomic E-state index is 12.3. The molecular weight excluding hydrogens is 252 g/mol. The molecule has 0 aromatic heterocycles. The van der Waals surface area contributed by atoms with Crippen molar-refractivity contribution in [3.63, 3.8) is 0 Å². The number of aliphatic hydroxyl groups excluding tert-OH is 1. The first-order valence-corrected chi connectivity index (χ1v) is 7.55. The zero-order valence-electron chi connectivity index (χ0n) is 11.8. The molecular formula is C16H22N2O2. The summed E-state index contributed by atoms with van der Waals surface area (Å²) >= 11 is 0. The van der Waals surface area contributed by atoms with E-state index in [0.29, 0.717) is 6.54 Å². The Morgan fingerprint density at radius 2 is 2.15 bits per heavy atom. The van der Waals surface area contributed by atoms with Crippen molar-refractivity contribution in [3.05, 3.63) is 29.3 Å². The maximum Gasteiger partial charge on any atom is 0.321 e. The molecule has 1 aliphatic heterocycles. The Balaban J connectivity index is 1.63. The van der Waals surface area contributed by atoms with Crippen molar-refractivity contribution >= 4 is 11.7 Å². The predicted molar refractivity (Wildman–Crippen MR) is 78.9 cm³/mol. The molecule has 1 saturated heterocycles. The van der Waals surface area contributed by atoms with Crippen molar-refractivity contribution in [3.8, 4) is 0 Å². The van der Waals surface area contributed by atoms with Gasteiger partial charge in [-0.3, -0.25) is 0 Å². The SMILES string of the molecule is O=C(Nc1ccc2c(c1)CCC2)N1CCCC(CO)C1. The number of piperidine rings is 1. The van der Waals surface area contributed by atoms with Gasteiger partial charge in [0.1, 0.15) is 0 Å². The Hall–Kier alpha value is -1.55. The number of amides is 2. The molecule has 20 heavy (non-hydrogen) atoms. The van der Waals surface area contributed by atoms with E-state index < -0.39 is 0 Å².